The van der Waals surface area contributed by atoms with Gasteiger partial charge in [0.1, 0.15) is 23.9 Å². The minimum atomic E-state index is -4.95. The van der Waals surface area contributed by atoms with Crippen molar-refractivity contribution in [2.45, 2.75) is 76.8 Å². The summed E-state index contributed by atoms with van der Waals surface area (Å²) in [5.41, 5.74) is -1.24. The lowest BCUT2D eigenvalue weighted by molar-refractivity contribution is -0.274. The second-order valence-corrected chi connectivity index (χ2v) is 14.7. The van der Waals surface area contributed by atoms with Gasteiger partial charge in [0.05, 0.1) is 11.0 Å². The van der Waals surface area contributed by atoms with Gasteiger partial charge in [-0.15, -0.1) is 13.2 Å². The maximum atomic E-state index is 14.0. The normalized spacial score (nSPS) is 26.1. The predicted octanol–water partition coefficient (Wildman–Crippen LogP) is 2.30. The molecule has 236 valence electrons. The molecule has 0 bridgehead atoms. The molecule has 0 radical (unpaired) electrons. The van der Waals surface area contributed by atoms with E-state index in [1.807, 2.05) is 19.9 Å². The Hall–Kier alpha value is -3.38. The highest BCUT2D eigenvalue weighted by molar-refractivity contribution is 7.89. The summed E-state index contributed by atoms with van der Waals surface area (Å²) in [5, 5.41) is 15.1. The van der Waals surface area contributed by atoms with E-state index in [0.717, 1.165) is 24.3 Å². The van der Waals surface area contributed by atoms with Crippen LogP contribution in [0.5, 0.6) is 5.75 Å². The Bertz CT molecular complexity index is 1420. The number of piperidine rings is 1. The second kappa shape index (κ2) is 11.3. The van der Waals surface area contributed by atoms with Crippen LogP contribution in [0.25, 0.3) is 0 Å². The van der Waals surface area contributed by atoms with Gasteiger partial charge in [0.15, 0.2) is 0 Å². The molecule has 6 atom stereocenters. The van der Waals surface area contributed by atoms with Crippen LogP contribution in [0, 0.1) is 39.9 Å². The zero-order chi connectivity index (χ0) is 32.1. The molecule has 0 spiro atoms. The number of nitrogens with one attached hydrogen (secondary N) is 3. The fraction of sp³-hybridized carbons (Fsp3) is 0.643. The zero-order valence-corrected chi connectivity index (χ0v) is 25.3. The van der Waals surface area contributed by atoms with E-state index in [4.69, 9.17) is 0 Å². The first-order chi connectivity index (χ1) is 19.8. The molecule has 3 N–H and O–H groups in total. The average Bonchev–Trinajstić information content (AvgIpc) is 3.23. The fourth-order valence-electron chi connectivity index (χ4n) is 6.18. The lowest BCUT2D eigenvalue weighted by Crippen LogP contribution is -2.59. The fourth-order valence-corrected chi connectivity index (χ4v) is 7.57. The van der Waals surface area contributed by atoms with Crippen molar-refractivity contribution in [1.29, 1.82) is 5.26 Å². The number of benzene rings is 1. The van der Waals surface area contributed by atoms with E-state index in [-0.39, 0.29) is 41.0 Å². The van der Waals surface area contributed by atoms with Crippen LogP contribution >= 0.6 is 0 Å². The number of fused-ring (bicyclic) bond motifs is 1. The number of carbonyl (C=O) groups is 3. The third kappa shape index (κ3) is 6.90. The molecule has 2 heterocycles. The summed E-state index contributed by atoms with van der Waals surface area (Å²) in [7, 11) is -4.40. The first kappa shape index (κ1) is 32.5. The lowest BCUT2D eigenvalue weighted by atomic mass is 9.86. The Balaban J connectivity index is 1.55. The maximum absolute atomic E-state index is 14.0. The monoisotopic (exact) mass is 627 g/mol. The molecule has 11 nitrogen and oxygen atoms in total. The molecule has 3 aliphatic rings. The number of amides is 3. The van der Waals surface area contributed by atoms with Crippen LogP contribution in [0.1, 0.15) is 47.5 Å². The third-order valence-electron chi connectivity index (χ3n) is 8.67. The van der Waals surface area contributed by atoms with Crippen LogP contribution in [0.2, 0.25) is 0 Å². The zero-order valence-electron chi connectivity index (χ0n) is 24.5. The van der Waals surface area contributed by atoms with E-state index < -0.39 is 63.4 Å². The first-order valence-corrected chi connectivity index (χ1v) is 15.4. The van der Waals surface area contributed by atoms with Gasteiger partial charge < -0.3 is 20.3 Å². The van der Waals surface area contributed by atoms with Gasteiger partial charge in [-0.2, -0.15) is 9.98 Å². The Kier molecular flexibility index (Phi) is 8.53. The highest BCUT2D eigenvalue weighted by Crippen LogP contribution is 2.65. The number of hydrogen-bond acceptors (Lipinski definition) is 7. The summed E-state index contributed by atoms with van der Waals surface area (Å²) in [6.07, 6.45) is -4.28. The molecular formula is C28H36F3N5O6S. The Labute approximate surface area is 248 Å². The van der Waals surface area contributed by atoms with Crippen molar-refractivity contribution in [3.05, 3.63) is 24.3 Å². The van der Waals surface area contributed by atoms with Gasteiger partial charge in [-0.3, -0.25) is 14.4 Å². The lowest BCUT2D eigenvalue weighted by Gasteiger charge is -2.37. The number of rotatable bonds is 9. The van der Waals surface area contributed by atoms with Crippen molar-refractivity contribution in [3.8, 4) is 11.8 Å². The van der Waals surface area contributed by atoms with E-state index in [2.05, 4.69) is 20.1 Å². The Morgan fingerprint density at radius 3 is 2.35 bits per heavy atom. The van der Waals surface area contributed by atoms with Crippen LogP contribution < -0.4 is 20.1 Å². The van der Waals surface area contributed by atoms with Crippen molar-refractivity contribution in [2.75, 3.05) is 13.1 Å². The SMILES string of the molecule is CC(C)(C)[C@H](NS(=O)(=O)c1ccc(OC(F)(F)F)cc1)C(=O)N1C[C@H]2[C@@H]([C@H]1C(=O)N[C@H](C#N)C[C@@H]1CCNC1=O)C2(C)C. The average molecular weight is 628 g/mol. The number of halogens is 3. The molecule has 1 aromatic carbocycles. The topological polar surface area (TPSA) is 158 Å². The number of nitrogens with zero attached hydrogens (tertiary/aromatic N) is 2. The molecule has 0 unspecified atom stereocenters. The largest absolute Gasteiger partial charge is 0.573 e. The van der Waals surface area contributed by atoms with Crippen LogP contribution in [0.3, 0.4) is 0 Å². The summed E-state index contributed by atoms with van der Waals surface area (Å²) in [6.45, 7) is 9.59. The molecule has 0 aromatic heterocycles. The molecular weight excluding hydrogens is 591 g/mol. The van der Waals surface area contributed by atoms with Gasteiger partial charge in [-0.05, 0) is 59.8 Å². The minimum Gasteiger partial charge on any atom is -0.406 e. The van der Waals surface area contributed by atoms with Gasteiger partial charge in [-0.25, -0.2) is 8.42 Å². The van der Waals surface area contributed by atoms with Gasteiger partial charge in [0.2, 0.25) is 27.7 Å². The van der Waals surface area contributed by atoms with Gasteiger partial charge in [-0.1, -0.05) is 34.6 Å². The van der Waals surface area contributed by atoms with Gasteiger partial charge in [0, 0.05) is 19.0 Å². The summed E-state index contributed by atoms with van der Waals surface area (Å²) in [4.78, 5) is 40.7. The standard InChI is InChI=1S/C28H36F3N5O6S/c1-26(2,3)22(35-43(40,41)18-8-6-17(7-9-18)42-28(29,30)31)25(39)36-14-19-20(27(19,4)5)21(36)24(38)34-16(13-32)12-15-10-11-33-23(15)37/h6-9,15-16,19-22,35H,10-12,14H2,1-5H3,(H,33,37)(H,34,38)/t15-,16-,19-,20-,21-,22+/m0/s1. The molecule has 2 saturated heterocycles. The number of hydrogen-bond donors (Lipinski definition) is 3. The second-order valence-electron chi connectivity index (χ2n) is 13.0. The van der Waals surface area contributed by atoms with Crippen LogP contribution in [-0.2, 0) is 24.4 Å². The number of carbonyl (C=O) groups excluding carboxylic acids is 3. The van der Waals surface area contributed by atoms with Crippen molar-refractivity contribution in [3.63, 3.8) is 0 Å². The van der Waals surface area contributed by atoms with Crippen molar-refractivity contribution in [1.82, 2.24) is 20.3 Å². The molecule has 3 amide bonds. The Morgan fingerprint density at radius 1 is 1.21 bits per heavy atom. The van der Waals surface area contributed by atoms with Crippen LogP contribution in [-0.4, -0.2) is 68.6 Å². The summed E-state index contributed by atoms with van der Waals surface area (Å²) in [6, 6.07) is 2.35. The first-order valence-electron chi connectivity index (χ1n) is 13.9. The molecule has 1 aliphatic carbocycles. The van der Waals surface area contributed by atoms with E-state index in [1.165, 1.54) is 4.90 Å². The van der Waals surface area contributed by atoms with Crippen molar-refractivity contribution < 1.29 is 40.7 Å². The number of ether oxygens (including phenoxy) is 1. The maximum Gasteiger partial charge on any atom is 0.573 e. The smallest absolute Gasteiger partial charge is 0.406 e. The Morgan fingerprint density at radius 2 is 1.84 bits per heavy atom. The molecule has 1 saturated carbocycles. The molecule has 4 rings (SSSR count). The van der Waals surface area contributed by atoms with E-state index >= 15 is 0 Å². The number of alkyl halides is 3. The van der Waals surface area contributed by atoms with E-state index in [9.17, 15) is 41.2 Å². The summed E-state index contributed by atoms with van der Waals surface area (Å²) < 4.78 is 70.3. The predicted molar refractivity (Wildman–Crippen MR) is 146 cm³/mol. The molecule has 1 aromatic rings. The molecule has 2 aliphatic heterocycles. The molecule has 43 heavy (non-hydrogen) atoms. The van der Waals surface area contributed by atoms with Crippen LogP contribution in [0.4, 0.5) is 13.2 Å². The third-order valence-corrected chi connectivity index (χ3v) is 10.1. The minimum absolute atomic E-state index is 0.0215. The molecule has 3 fully saturated rings. The highest BCUT2D eigenvalue weighted by atomic mass is 32.2. The molecule has 15 heteroatoms. The van der Waals surface area contributed by atoms with Crippen LogP contribution in [0.15, 0.2) is 29.2 Å². The quantitative estimate of drug-likeness (QED) is 0.379. The van der Waals surface area contributed by atoms with Crippen molar-refractivity contribution >= 4 is 27.7 Å². The summed E-state index contributed by atoms with van der Waals surface area (Å²) in [5.74, 6) is -2.63. The van der Waals surface area contributed by atoms with Crippen molar-refractivity contribution in [2.24, 2.45) is 28.6 Å². The van der Waals surface area contributed by atoms with E-state index in [0.29, 0.717) is 13.0 Å². The van der Waals surface area contributed by atoms with E-state index in [1.54, 1.807) is 20.8 Å². The number of nitriles is 1. The summed E-state index contributed by atoms with van der Waals surface area (Å²) >= 11 is 0. The number of sulfonamides is 1. The van der Waals surface area contributed by atoms with Gasteiger partial charge >= 0.3 is 6.36 Å². The highest BCUT2D eigenvalue weighted by Gasteiger charge is 2.70. The number of likely N-dealkylation sites (tertiary alicyclic amines) is 1. The van der Waals surface area contributed by atoms with Gasteiger partial charge in [0.25, 0.3) is 0 Å².